The van der Waals surface area contributed by atoms with E-state index in [1.807, 2.05) is 33.3 Å². The van der Waals surface area contributed by atoms with E-state index in [0.29, 0.717) is 24.6 Å². The lowest BCUT2D eigenvalue weighted by Gasteiger charge is -2.31. The van der Waals surface area contributed by atoms with E-state index in [1.165, 1.54) is 6.33 Å². The normalized spacial score (nSPS) is 20.9. The summed E-state index contributed by atoms with van der Waals surface area (Å²) in [5.41, 5.74) is 5.28. The maximum atomic E-state index is 14.3. The molecule has 4 aromatic rings. The summed E-state index contributed by atoms with van der Waals surface area (Å²) in [6.07, 6.45) is 5.67. The maximum Gasteiger partial charge on any atom is 0.280 e. The monoisotopic (exact) mass is 606 g/mol. The van der Waals surface area contributed by atoms with Crippen molar-refractivity contribution in [3.05, 3.63) is 74.8 Å². The van der Waals surface area contributed by atoms with Gasteiger partial charge in [0.2, 0.25) is 5.78 Å². The van der Waals surface area contributed by atoms with Crippen molar-refractivity contribution in [1.82, 2.24) is 24.6 Å². The number of rotatable bonds is 10. The number of hydrogen-bond donors (Lipinski definition) is 3. The molecule has 1 unspecified atom stereocenters. The zero-order chi connectivity index (χ0) is 30.1. The Balaban J connectivity index is 1.31. The van der Waals surface area contributed by atoms with E-state index in [4.69, 9.17) is 9.57 Å². The number of benzene rings is 1. The molecular formula is C31H38N6O5S. The van der Waals surface area contributed by atoms with Crippen LogP contribution in [-0.4, -0.2) is 59.9 Å². The summed E-state index contributed by atoms with van der Waals surface area (Å²) >= 11 is 1.63. The van der Waals surface area contributed by atoms with Gasteiger partial charge in [-0.15, -0.1) is 11.3 Å². The largest absolute Gasteiger partial charge is 0.388 e. The summed E-state index contributed by atoms with van der Waals surface area (Å²) in [6.45, 7) is 5.89. The van der Waals surface area contributed by atoms with Gasteiger partial charge in [-0.05, 0) is 58.1 Å². The number of fused-ring (bicyclic) bond motifs is 1. The van der Waals surface area contributed by atoms with Crippen molar-refractivity contribution in [3.8, 4) is 10.4 Å². The molecule has 228 valence electrons. The minimum Gasteiger partial charge on any atom is -0.388 e. The summed E-state index contributed by atoms with van der Waals surface area (Å²) in [6, 6.07) is 12.0. The highest BCUT2D eigenvalue weighted by Gasteiger charge is 2.29. The summed E-state index contributed by atoms with van der Waals surface area (Å²) in [5, 5.41) is 24.3. The second-order valence-electron chi connectivity index (χ2n) is 11.9. The van der Waals surface area contributed by atoms with E-state index < -0.39 is 12.0 Å². The van der Waals surface area contributed by atoms with Gasteiger partial charge in [0.05, 0.1) is 24.0 Å². The first-order valence-electron chi connectivity index (χ1n) is 14.9. The third-order valence-electron chi connectivity index (χ3n) is 7.95. The van der Waals surface area contributed by atoms with Gasteiger partial charge in [-0.1, -0.05) is 37.6 Å². The molecule has 1 saturated carbocycles. The van der Waals surface area contributed by atoms with Crippen molar-refractivity contribution in [1.29, 1.82) is 0 Å². The summed E-state index contributed by atoms with van der Waals surface area (Å²) in [7, 11) is 0. The smallest absolute Gasteiger partial charge is 0.280 e. The van der Waals surface area contributed by atoms with Gasteiger partial charge in [0.25, 0.3) is 12.0 Å². The summed E-state index contributed by atoms with van der Waals surface area (Å²) < 4.78 is 9.68. The molecule has 1 aromatic carbocycles. The average Bonchev–Trinajstić information content (AvgIpc) is 3.76. The fourth-order valence-corrected chi connectivity index (χ4v) is 7.02. The van der Waals surface area contributed by atoms with Crippen molar-refractivity contribution >= 4 is 23.0 Å². The highest BCUT2D eigenvalue weighted by atomic mass is 32.1. The highest BCUT2D eigenvalue weighted by molar-refractivity contribution is 7.15. The lowest BCUT2D eigenvalue weighted by molar-refractivity contribution is -0.102. The second-order valence-corrected chi connectivity index (χ2v) is 13.1. The second kappa shape index (κ2) is 12.3. The molecule has 43 heavy (non-hydrogen) atoms. The number of aliphatic imine (C=N–C) groups is 1. The first-order valence-corrected chi connectivity index (χ1v) is 15.7. The Hall–Kier alpha value is -3.42. The molecule has 2 aliphatic rings. The van der Waals surface area contributed by atoms with Gasteiger partial charge in [-0.2, -0.15) is 10.1 Å². The summed E-state index contributed by atoms with van der Waals surface area (Å²) in [4.78, 5) is 30.1. The van der Waals surface area contributed by atoms with Crippen LogP contribution in [0.25, 0.3) is 16.2 Å². The standard InChI is InChI=1S/C31H38N6O5S/c1-4-7-25-24(16-21-14-15-26(43-21)22-8-5-6-9-23(22)27-34-30(39)42-35-27)28(38)36(29-32-18-33-37(25)29)19-10-12-20(13-11-19)41-17-31(2,3)40/h5-6,8-9,14-15,18-20,30,39-40H,4,7,10-13,16-17H2,1-3H3,(H,34,35). The van der Waals surface area contributed by atoms with Crippen molar-refractivity contribution < 1.29 is 19.8 Å². The minimum atomic E-state index is -1.23. The van der Waals surface area contributed by atoms with Gasteiger partial charge >= 0.3 is 0 Å². The van der Waals surface area contributed by atoms with E-state index in [0.717, 1.165) is 70.7 Å². The van der Waals surface area contributed by atoms with E-state index in [9.17, 15) is 15.0 Å². The molecule has 11 nitrogen and oxygen atoms in total. The van der Waals surface area contributed by atoms with Crippen molar-refractivity contribution in [3.63, 3.8) is 0 Å². The number of hydrogen-bond acceptors (Lipinski definition) is 10. The van der Waals surface area contributed by atoms with Crippen LogP contribution in [0.15, 0.2) is 52.5 Å². The Morgan fingerprint density at radius 1 is 1.14 bits per heavy atom. The lowest BCUT2D eigenvalue weighted by Crippen LogP contribution is -2.36. The van der Waals surface area contributed by atoms with Crippen LogP contribution in [0.1, 0.15) is 80.6 Å². The molecular weight excluding hydrogens is 568 g/mol. The van der Waals surface area contributed by atoms with E-state index >= 15 is 0 Å². The Kier molecular flexibility index (Phi) is 8.47. The predicted molar refractivity (Wildman–Crippen MR) is 164 cm³/mol. The Morgan fingerprint density at radius 3 is 2.60 bits per heavy atom. The number of nitrogens with one attached hydrogen (secondary N) is 1. The molecule has 1 aliphatic heterocycles. The van der Waals surface area contributed by atoms with Crippen LogP contribution in [-0.2, 0) is 22.4 Å². The van der Waals surface area contributed by atoms with Crippen molar-refractivity contribution in [2.45, 2.75) is 89.9 Å². The Labute approximate surface area is 253 Å². The molecule has 0 amide bonds. The molecule has 0 spiro atoms. The fourth-order valence-electron chi connectivity index (χ4n) is 5.96. The van der Waals surface area contributed by atoms with Crippen LogP contribution in [0.3, 0.4) is 0 Å². The molecule has 1 aliphatic carbocycles. The SMILES string of the molecule is CCCc1c(Cc2ccc(-c3ccccc3C3=NC(O)ON3)s2)c(=O)n(C2CCC(OCC(C)(C)O)CC2)c2ncnn12. The van der Waals surface area contributed by atoms with Crippen LogP contribution in [0, 0.1) is 0 Å². The first-order chi connectivity index (χ1) is 20.7. The Morgan fingerprint density at radius 2 is 1.91 bits per heavy atom. The average molecular weight is 607 g/mol. The molecule has 0 radical (unpaired) electrons. The number of aromatic nitrogens is 4. The number of amidine groups is 1. The number of aliphatic hydroxyl groups excluding tert-OH is 1. The van der Waals surface area contributed by atoms with E-state index in [2.05, 4.69) is 39.6 Å². The molecule has 4 heterocycles. The number of ether oxygens (including phenoxy) is 1. The van der Waals surface area contributed by atoms with Gasteiger partial charge in [-0.3, -0.25) is 9.36 Å². The van der Waals surface area contributed by atoms with Gasteiger partial charge in [-0.25, -0.2) is 19.8 Å². The van der Waals surface area contributed by atoms with Crippen LogP contribution in [0.4, 0.5) is 0 Å². The zero-order valence-corrected chi connectivity index (χ0v) is 25.5. The number of hydroxylamine groups is 1. The minimum absolute atomic E-state index is 0.00126. The van der Waals surface area contributed by atoms with Crippen LogP contribution in [0.5, 0.6) is 0 Å². The lowest BCUT2D eigenvalue weighted by atomic mass is 9.92. The van der Waals surface area contributed by atoms with Crippen molar-refractivity contribution in [2.24, 2.45) is 4.99 Å². The predicted octanol–water partition coefficient (Wildman–Crippen LogP) is 3.99. The van der Waals surface area contributed by atoms with E-state index in [1.54, 1.807) is 25.2 Å². The van der Waals surface area contributed by atoms with Gasteiger partial charge in [0.1, 0.15) is 6.33 Å². The molecule has 12 heteroatoms. The van der Waals surface area contributed by atoms with Crippen LogP contribution < -0.4 is 11.0 Å². The fraction of sp³-hybridized carbons (Fsp3) is 0.484. The first kappa shape index (κ1) is 29.6. The maximum absolute atomic E-state index is 14.3. The molecule has 3 N–H and O–H groups in total. The van der Waals surface area contributed by atoms with Crippen LogP contribution >= 0.6 is 11.3 Å². The van der Waals surface area contributed by atoms with Gasteiger partial charge < -0.3 is 14.9 Å². The highest BCUT2D eigenvalue weighted by Crippen LogP contribution is 2.34. The number of aryl methyl sites for hydroxylation is 1. The number of thiophene rings is 1. The van der Waals surface area contributed by atoms with Gasteiger partial charge in [0.15, 0.2) is 5.84 Å². The molecule has 6 rings (SSSR count). The molecule has 1 atom stereocenters. The molecule has 3 aromatic heterocycles. The zero-order valence-electron chi connectivity index (χ0n) is 24.7. The molecule has 1 fully saturated rings. The van der Waals surface area contributed by atoms with Gasteiger partial charge in [0, 0.05) is 38.9 Å². The third-order valence-corrected chi connectivity index (χ3v) is 9.07. The summed E-state index contributed by atoms with van der Waals surface area (Å²) in [5.74, 6) is 1.07. The third kappa shape index (κ3) is 6.29. The quantitative estimate of drug-likeness (QED) is 0.247. The van der Waals surface area contributed by atoms with E-state index in [-0.39, 0.29) is 17.7 Å². The van der Waals surface area contributed by atoms with Crippen molar-refractivity contribution in [2.75, 3.05) is 6.61 Å². The number of nitrogens with zero attached hydrogens (tertiary/aromatic N) is 5. The molecule has 0 saturated heterocycles. The Bertz CT molecular complexity index is 1680. The van der Waals surface area contributed by atoms with Crippen LogP contribution in [0.2, 0.25) is 0 Å². The number of aliphatic hydroxyl groups is 2. The topological polar surface area (TPSA) is 136 Å². The molecule has 0 bridgehead atoms.